The van der Waals surface area contributed by atoms with Crippen LogP contribution >= 0.6 is 24.0 Å². The summed E-state index contributed by atoms with van der Waals surface area (Å²) in [5.74, 6) is 0.893. The molecule has 0 aliphatic heterocycles. The Morgan fingerprint density at radius 2 is 1.86 bits per heavy atom. The second-order valence-corrected chi connectivity index (χ2v) is 5.13. The Kier molecular flexibility index (Phi) is 7.58. The normalized spacial score (nSPS) is 11.6. The summed E-state index contributed by atoms with van der Waals surface area (Å²) in [7, 11) is 0. The lowest BCUT2D eigenvalue weighted by Gasteiger charge is -2.16. The van der Waals surface area contributed by atoms with Crippen molar-refractivity contribution in [3.05, 3.63) is 64.7 Å². The van der Waals surface area contributed by atoms with E-state index in [0.717, 1.165) is 22.9 Å². The maximum Gasteiger partial charge on any atom is 0.123 e. The molecule has 2 aromatic carbocycles. The molecule has 0 aromatic heterocycles. The van der Waals surface area contributed by atoms with Gasteiger partial charge in [-0.2, -0.15) is 0 Å². The molecule has 4 heteroatoms. The lowest BCUT2D eigenvalue weighted by molar-refractivity contribution is 0.335. The highest BCUT2D eigenvalue weighted by atomic mass is 35.5. The third kappa shape index (κ3) is 5.24. The fourth-order valence-corrected chi connectivity index (χ4v) is 2.30. The van der Waals surface area contributed by atoms with Crippen molar-refractivity contribution in [1.29, 1.82) is 0 Å². The van der Waals surface area contributed by atoms with E-state index in [4.69, 9.17) is 16.3 Å². The van der Waals surface area contributed by atoms with Crippen LogP contribution in [0.5, 0.6) is 5.75 Å². The molecular weight excluding hydrogens is 305 g/mol. The number of halogens is 2. The third-order valence-corrected chi connectivity index (χ3v) is 3.46. The van der Waals surface area contributed by atoms with E-state index in [1.165, 1.54) is 5.56 Å². The standard InChI is InChI=1S/C17H20ClNO.ClH/c1-3-20-17-10-9-16(18)11-15(17)12-19-13(2)14-7-5-4-6-8-14;/h4-11,13,19H,3,12H2,1-2H3;1H. The zero-order valence-corrected chi connectivity index (χ0v) is 13.9. The van der Waals surface area contributed by atoms with E-state index in [1.54, 1.807) is 0 Å². The van der Waals surface area contributed by atoms with Gasteiger partial charge in [-0.15, -0.1) is 12.4 Å². The highest BCUT2D eigenvalue weighted by Gasteiger charge is 2.08. The van der Waals surface area contributed by atoms with Crippen molar-refractivity contribution in [2.24, 2.45) is 0 Å². The van der Waals surface area contributed by atoms with Gasteiger partial charge in [0.15, 0.2) is 0 Å². The van der Waals surface area contributed by atoms with E-state index in [0.29, 0.717) is 6.61 Å². The van der Waals surface area contributed by atoms with Crippen LogP contribution in [-0.2, 0) is 6.54 Å². The molecule has 0 radical (unpaired) electrons. The van der Waals surface area contributed by atoms with Gasteiger partial charge in [-0.3, -0.25) is 0 Å². The van der Waals surface area contributed by atoms with Gasteiger partial charge >= 0.3 is 0 Å². The first-order chi connectivity index (χ1) is 9.70. The molecule has 0 aliphatic carbocycles. The minimum absolute atomic E-state index is 0. The van der Waals surface area contributed by atoms with Crippen LogP contribution < -0.4 is 10.1 Å². The van der Waals surface area contributed by atoms with Crippen molar-refractivity contribution >= 4 is 24.0 Å². The van der Waals surface area contributed by atoms with Gasteiger partial charge in [-0.25, -0.2) is 0 Å². The molecule has 0 saturated carbocycles. The Balaban J connectivity index is 0.00000220. The van der Waals surface area contributed by atoms with Crippen LogP contribution in [0.25, 0.3) is 0 Å². The van der Waals surface area contributed by atoms with Gasteiger partial charge in [0.25, 0.3) is 0 Å². The molecule has 0 amide bonds. The summed E-state index contributed by atoms with van der Waals surface area (Å²) in [5.41, 5.74) is 2.36. The van der Waals surface area contributed by atoms with Crippen LogP contribution in [0.15, 0.2) is 48.5 Å². The average Bonchev–Trinajstić information content (AvgIpc) is 2.48. The predicted octanol–water partition coefficient (Wildman–Crippen LogP) is 5.01. The summed E-state index contributed by atoms with van der Waals surface area (Å²) in [5, 5.41) is 4.24. The van der Waals surface area contributed by atoms with Crippen LogP contribution in [-0.4, -0.2) is 6.61 Å². The average molecular weight is 326 g/mol. The topological polar surface area (TPSA) is 21.3 Å². The monoisotopic (exact) mass is 325 g/mol. The predicted molar refractivity (Wildman–Crippen MR) is 91.6 cm³/mol. The third-order valence-electron chi connectivity index (χ3n) is 3.22. The molecule has 0 saturated heterocycles. The zero-order valence-electron chi connectivity index (χ0n) is 12.3. The first-order valence-corrected chi connectivity index (χ1v) is 7.28. The molecule has 0 heterocycles. The molecule has 0 aliphatic rings. The van der Waals surface area contributed by atoms with E-state index in [2.05, 4.69) is 36.5 Å². The Labute approximate surface area is 137 Å². The summed E-state index contributed by atoms with van der Waals surface area (Å²) in [6, 6.07) is 16.4. The van der Waals surface area contributed by atoms with Crippen LogP contribution in [0, 0.1) is 0 Å². The summed E-state index contributed by atoms with van der Waals surface area (Å²) >= 11 is 6.07. The Hall–Kier alpha value is -1.22. The number of ether oxygens (including phenoxy) is 1. The maximum atomic E-state index is 6.07. The van der Waals surface area contributed by atoms with Crippen molar-refractivity contribution in [2.45, 2.75) is 26.4 Å². The number of hydrogen-bond acceptors (Lipinski definition) is 2. The zero-order chi connectivity index (χ0) is 14.4. The summed E-state index contributed by atoms with van der Waals surface area (Å²) in [6.45, 7) is 5.52. The van der Waals surface area contributed by atoms with Gasteiger partial charge in [-0.05, 0) is 37.6 Å². The van der Waals surface area contributed by atoms with Gasteiger partial charge in [-0.1, -0.05) is 41.9 Å². The van der Waals surface area contributed by atoms with Gasteiger partial charge in [0.1, 0.15) is 5.75 Å². The van der Waals surface area contributed by atoms with Crippen molar-refractivity contribution in [3.63, 3.8) is 0 Å². The highest BCUT2D eigenvalue weighted by molar-refractivity contribution is 6.30. The molecular formula is C17H21Cl2NO. The van der Waals surface area contributed by atoms with Crippen LogP contribution in [0.3, 0.4) is 0 Å². The minimum Gasteiger partial charge on any atom is -0.494 e. The van der Waals surface area contributed by atoms with E-state index in [-0.39, 0.29) is 18.4 Å². The fraction of sp³-hybridized carbons (Fsp3) is 0.294. The summed E-state index contributed by atoms with van der Waals surface area (Å²) < 4.78 is 5.63. The number of hydrogen-bond donors (Lipinski definition) is 1. The van der Waals surface area contributed by atoms with Gasteiger partial charge in [0, 0.05) is 23.2 Å². The minimum atomic E-state index is 0. The summed E-state index contributed by atoms with van der Waals surface area (Å²) in [6.07, 6.45) is 0. The van der Waals surface area contributed by atoms with Crippen LogP contribution in [0.2, 0.25) is 5.02 Å². The Morgan fingerprint density at radius 1 is 1.14 bits per heavy atom. The molecule has 2 nitrogen and oxygen atoms in total. The molecule has 0 spiro atoms. The lowest BCUT2D eigenvalue weighted by atomic mass is 10.1. The number of nitrogens with one attached hydrogen (secondary N) is 1. The Bertz CT molecular complexity index is 546. The van der Waals surface area contributed by atoms with Crippen molar-refractivity contribution < 1.29 is 4.74 Å². The van der Waals surface area contributed by atoms with Crippen LogP contribution in [0.4, 0.5) is 0 Å². The Morgan fingerprint density at radius 3 is 2.52 bits per heavy atom. The molecule has 114 valence electrons. The van der Waals surface area contributed by atoms with E-state index < -0.39 is 0 Å². The number of rotatable bonds is 6. The van der Waals surface area contributed by atoms with E-state index in [9.17, 15) is 0 Å². The van der Waals surface area contributed by atoms with Gasteiger partial charge < -0.3 is 10.1 Å². The maximum absolute atomic E-state index is 6.07. The van der Waals surface area contributed by atoms with E-state index >= 15 is 0 Å². The molecule has 0 fully saturated rings. The molecule has 2 aromatic rings. The van der Waals surface area contributed by atoms with Crippen molar-refractivity contribution in [3.8, 4) is 5.75 Å². The fourth-order valence-electron chi connectivity index (χ4n) is 2.11. The highest BCUT2D eigenvalue weighted by Crippen LogP contribution is 2.24. The largest absolute Gasteiger partial charge is 0.494 e. The quantitative estimate of drug-likeness (QED) is 0.805. The molecule has 1 unspecified atom stereocenters. The smallest absolute Gasteiger partial charge is 0.123 e. The molecule has 1 atom stereocenters. The first-order valence-electron chi connectivity index (χ1n) is 6.90. The van der Waals surface area contributed by atoms with Gasteiger partial charge in [0.05, 0.1) is 6.61 Å². The van der Waals surface area contributed by atoms with E-state index in [1.807, 2.05) is 31.2 Å². The second kappa shape index (κ2) is 8.93. The molecule has 0 bridgehead atoms. The molecule has 21 heavy (non-hydrogen) atoms. The van der Waals surface area contributed by atoms with Crippen molar-refractivity contribution in [2.75, 3.05) is 6.61 Å². The molecule has 1 N–H and O–H groups in total. The first kappa shape index (κ1) is 17.8. The summed E-state index contributed by atoms with van der Waals surface area (Å²) in [4.78, 5) is 0. The molecule has 2 rings (SSSR count). The SMILES string of the molecule is CCOc1ccc(Cl)cc1CNC(C)c1ccccc1.Cl. The number of benzene rings is 2. The second-order valence-electron chi connectivity index (χ2n) is 4.70. The van der Waals surface area contributed by atoms with Gasteiger partial charge in [0.2, 0.25) is 0 Å². The van der Waals surface area contributed by atoms with Crippen molar-refractivity contribution in [1.82, 2.24) is 5.32 Å². The van der Waals surface area contributed by atoms with Crippen LogP contribution in [0.1, 0.15) is 31.0 Å². The lowest BCUT2D eigenvalue weighted by Crippen LogP contribution is -2.18.